The van der Waals surface area contributed by atoms with Gasteiger partial charge in [0.2, 0.25) is 0 Å². The van der Waals surface area contributed by atoms with Crippen LogP contribution in [0.2, 0.25) is 0 Å². The van der Waals surface area contributed by atoms with E-state index >= 15 is 0 Å². The summed E-state index contributed by atoms with van der Waals surface area (Å²) < 4.78 is 17.6. The number of carbonyl (C=O) groups is 2. The van der Waals surface area contributed by atoms with E-state index in [-0.39, 0.29) is 0 Å². The molecule has 0 aliphatic rings. The van der Waals surface area contributed by atoms with Gasteiger partial charge < -0.3 is 9.84 Å². The first-order valence-electron chi connectivity index (χ1n) is 3.73. The largest absolute Gasteiger partial charge is 0.478 e. The van der Waals surface area contributed by atoms with Gasteiger partial charge in [-0.25, -0.2) is 14.0 Å². The van der Waals surface area contributed by atoms with Crippen LogP contribution in [0.25, 0.3) is 0 Å². The Labute approximate surface area is 75.7 Å². The average Bonchev–Trinajstić information content (AvgIpc) is 1.82. The number of carbonyl (C=O) groups excluding carboxylic acids is 1. The SMILES string of the molecule is CC(C)(C)OC(=O)[C@](C)(F)C(=O)O. The lowest BCUT2D eigenvalue weighted by Crippen LogP contribution is -2.43. The van der Waals surface area contributed by atoms with Crippen LogP contribution in [0, 0.1) is 0 Å². The number of hydrogen-bond acceptors (Lipinski definition) is 3. The van der Waals surface area contributed by atoms with Crippen LogP contribution in [0.3, 0.4) is 0 Å². The van der Waals surface area contributed by atoms with Crippen molar-refractivity contribution in [1.82, 2.24) is 0 Å². The predicted molar refractivity (Wildman–Crippen MR) is 43.0 cm³/mol. The average molecular weight is 192 g/mol. The van der Waals surface area contributed by atoms with Gasteiger partial charge in [0.05, 0.1) is 0 Å². The molecule has 1 N–H and O–H groups in total. The van der Waals surface area contributed by atoms with Crippen LogP contribution in [-0.2, 0) is 14.3 Å². The summed E-state index contributed by atoms with van der Waals surface area (Å²) in [5.41, 5.74) is -3.87. The number of rotatable bonds is 2. The van der Waals surface area contributed by atoms with E-state index in [0.717, 1.165) is 0 Å². The number of hydrogen-bond donors (Lipinski definition) is 1. The van der Waals surface area contributed by atoms with Crippen LogP contribution in [0.1, 0.15) is 27.7 Å². The Hall–Kier alpha value is -1.13. The molecule has 0 aromatic rings. The van der Waals surface area contributed by atoms with Gasteiger partial charge in [0.15, 0.2) is 0 Å². The third-order valence-corrected chi connectivity index (χ3v) is 1.18. The molecule has 0 unspecified atom stereocenters. The second kappa shape index (κ2) is 3.32. The lowest BCUT2D eigenvalue weighted by molar-refractivity contribution is -0.177. The summed E-state index contributed by atoms with van der Waals surface area (Å²) in [5, 5.41) is 8.33. The molecular weight excluding hydrogens is 179 g/mol. The van der Waals surface area contributed by atoms with Crippen molar-refractivity contribution in [2.75, 3.05) is 0 Å². The monoisotopic (exact) mass is 192 g/mol. The topological polar surface area (TPSA) is 63.6 Å². The molecule has 0 rings (SSSR count). The van der Waals surface area contributed by atoms with Crippen molar-refractivity contribution in [2.45, 2.75) is 39.0 Å². The maximum absolute atomic E-state index is 13.1. The van der Waals surface area contributed by atoms with Crippen molar-refractivity contribution in [3.05, 3.63) is 0 Å². The molecule has 0 fully saturated rings. The number of ether oxygens (including phenoxy) is 1. The molecule has 13 heavy (non-hydrogen) atoms. The molecule has 76 valence electrons. The van der Waals surface area contributed by atoms with Crippen LogP contribution in [0.5, 0.6) is 0 Å². The maximum Gasteiger partial charge on any atom is 0.356 e. The normalized spacial score (nSPS) is 16.1. The summed E-state index contributed by atoms with van der Waals surface area (Å²) in [4.78, 5) is 21.2. The second-order valence-electron chi connectivity index (χ2n) is 3.81. The molecule has 0 heterocycles. The minimum absolute atomic E-state index is 0.656. The number of alkyl halides is 1. The van der Waals surface area contributed by atoms with Gasteiger partial charge in [-0.05, 0) is 27.7 Å². The van der Waals surface area contributed by atoms with Gasteiger partial charge in [-0.1, -0.05) is 0 Å². The van der Waals surface area contributed by atoms with Gasteiger partial charge in [-0.15, -0.1) is 0 Å². The fraction of sp³-hybridized carbons (Fsp3) is 0.750. The van der Waals surface area contributed by atoms with Gasteiger partial charge in [0, 0.05) is 0 Å². The van der Waals surface area contributed by atoms with Crippen LogP contribution in [-0.4, -0.2) is 28.3 Å². The first-order chi connectivity index (χ1) is 5.57. The lowest BCUT2D eigenvalue weighted by atomic mass is 10.1. The Morgan fingerprint density at radius 1 is 1.23 bits per heavy atom. The fourth-order valence-electron chi connectivity index (χ4n) is 0.461. The van der Waals surface area contributed by atoms with Crippen molar-refractivity contribution in [2.24, 2.45) is 0 Å². The van der Waals surface area contributed by atoms with E-state index in [2.05, 4.69) is 4.74 Å². The Kier molecular flexibility index (Phi) is 3.03. The van der Waals surface area contributed by atoms with E-state index in [0.29, 0.717) is 6.92 Å². The van der Waals surface area contributed by atoms with E-state index in [1.807, 2.05) is 0 Å². The Balaban J connectivity index is 4.53. The van der Waals surface area contributed by atoms with E-state index in [1.165, 1.54) is 20.8 Å². The van der Waals surface area contributed by atoms with E-state index < -0.39 is 23.2 Å². The Morgan fingerprint density at radius 3 is 1.85 bits per heavy atom. The zero-order valence-corrected chi connectivity index (χ0v) is 8.05. The maximum atomic E-state index is 13.1. The quantitative estimate of drug-likeness (QED) is 0.526. The van der Waals surface area contributed by atoms with Crippen LogP contribution < -0.4 is 0 Å². The van der Waals surface area contributed by atoms with Crippen LogP contribution >= 0.6 is 0 Å². The van der Waals surface area contributed by atoms with Gasteiger partial charge in [0.1, 0.15) is 5.60 Å². The van der Waals surface area contributed by atoms with Crippen molar-refractivity contribution in [1.29, 1.82) is 0 Å². The van der Waals surface area contributed by atoms with Gasteiger partial charge in [-0.2, -0.15) is 0 Å². The van der Waals surface area contributed by atoms with Crippen molar-refractivity contribution in [3.8, 4) is 0 Å². The molecular formula is C8H13FO4. The molecule has 0 aromatic heterocycles. The zero-order chi connectivity index (χ0) is 10.9. The van der Waals surface area contributed by atoms with Gasteiger partial charge >= 0.3 is 11.9 Å². The highest BCUT2D eigenvalue weighted by atomic mass is 19.1. The molecule has 0 radical (unpaired) electrons. The smallest absolute Gasteiger partial charge is 0.356 e. The highest BCUT2D eigenvalue weighted by molar-refractivity contribution is 6.02. The first kappa shape index (κ1) is 11.9. The predicted octanol–water partition coefficient (Wildman–Crippen LogP) is 1.14. The third-order valence-electron chi connectivity index (χ3n) is 1.18. The Bertz CT molecular complexity index is 227. The molecule has 0 amide bonds. The molecule has 0 saturated carbocycles. The van der Waals surface area contributed by atoms with E-state index in [1.54, 1.807) is 0 Å². The van der Waals surface area contributed by atoms with Gasteiger partial charge in [-0.3, -0.25) is 0 Å². The molecule has 0 aromatic carbocycles. The first-order valence-corrected chi connectivity index (χ1v) is 3.73. The fourth-order valence-corrected chi connectivity index (χ4v) is 0.461. The standard InChI is InChI=1S/C8H13FO4/c1-7(2,3)13-6(12)8(4,9)5(10)11/h1-4H3,(H,10,11)/t8-/m1/s1. The number of carboxylic acid groups (broad SMARTS) is 1. The summed E-state index contributed by atoms with van der Waals surface area (Å²) in [6.45, 7) is 5.25. The number of carboxylic acids is 1. The summed E-state index contributed by atoms with van der Waals surface area (Å²) in [5.74, 6) is -3.23. The summed E-state index contributed by atoms with van der Waals surface area (Å²) >= 11 is 0. The second-order valence-corrected chi connectivity index (χ2v) is 3.81. The Morgan fingerprint density at radius 2 is 1.62 bits per heavy atom. The molecule has 4 nitrogen and oxygen atoms in total. The number of aliphatic carboxylic acids is 1. The molecule has 5 heteroatoms. The van der Waals surface area contributed by atoms with Crippen molar-refractivity contribution in [3.63, 3.8) is 0 Å². The van der Waals surface area contributed by atoms with E-state index in [4.69, 9.17) is 5.11 Å². The van der Waals surface area contributed by atoms with E-state index in [9.17, 15) is 14.0 Å². The molecule has 0 bridgehead atoms. The van der Waals surface area contributed by atoms with Gasteiger partial charge in [0.25, 0.3) is 5.67 Å². The highest BCUT2D eigenvalue weighted by Crippen LogP contribution is 2.17. The molecule has 0 spiro atoms. The summed E-state index contributed by atoms with van der Waals surface area (Å²) in [6.07, 6.45) is 0. The number of esters is 1. The zero-order valence-electron chi connectivity index (χ0n) is 8.05. The lowest BCUT2D eigenvalue weighted by Gasteiger charge is -2.23. The highest BCUT2D eigenvalue weighted by Gasteiger charge is 2.45. The molecule has 0 saturated heterocycles. The van der Waals surface area contributed by atoms with Crippen molar-refractivity contribution >= 4 is 11.9 Å². The minimum Gasteiger partial charge on any atom is -0.478 e. The molecule has 0 aliphatic heterocycles. The minimum atomic E-state index is -2.98. The molecule has 1 atom stereocenters. The summed E-state index contributed by atoms with van der Waals surface area (Å²) in [6, 6.07) is 0. The summed E-state index contributed by atoms with van der Waals surface area (Å²) in [7, 11) is 0. The third kappa shape index (κ3) is 3.40. The van der Waals surface area contributed by atoms with Crippen LogP contribution in [0.4, 0.5) is 4.39 Å². The van der Waals surface area contributed by atoms with Crippen LogP contribution in [0.15, 0.2) is 0 Å². The number of halogens is 1. The molecule has 0 aliphatic carbocycles. The van der Waals surface area contributed by atoms with Crippen molar-refractivity contribution < 1.29 is 23.8 Å².